The van der Waals surface area contributed by atoms with Gasteiger partial charge in [-0.15, -0.1) is 0 Å². The normalized spacial score (nSPS) is 25.9. The minimum Gasteiger partial charge on any atom is -0.308 e. The second-order valence-corrected chi connectivity index (χ2v) is 19.2. The van der Waals surface area contributed by atoms with E-state index < -0.39 is 0 Å². The standard InChI is InChI=1S/C52H66N8/c1-57-23-17-35(18-24-57)43-12-5-10-38-31-55-41(29-47(38)43)34-60(4)50-16-15-44(45-13-8-22-54-52(45)50)39-27-40-32-56-42(30-48(40)46(28-39)36-19-25-58(2)26-20-36)33-59(3)49-14-6-9-37-11-7-21-53-51(37)49/h5,7-8,10-13,17,19,21-22,27-28,41-42,44,49-50,55-56H,6,9,14-16,18,20,23-26,29-34H2,1-4H3/t41-,42+,44?,49-,50-/m0/s1. The molecule has 10 rings (SSSR count). The van der Waals surface area contributed by atoms with Crippen molar-refractivity contribution in [2.75, 3.05) is 67.5 Å². The van der Waals surface area contributed by atoms with Gasteiger partial charge in [-0.25, -0.2) is 0 Å². The van der Waals surface area contributed by atoms with E-state index in [1.54, 1.807) is 16.7 Å². The minimum absolute atomic E-state index is 0.312. The maximum atomic E-state index is 5.19. The number of benzene rings is 2. The number of likely N-dealkylation sites (N-methyl/N-ethyl adjacent to an activating group) is 4. The number of rotatable bonds is 9. The van der Waals surface area contributed by atoms with Crippen LogP contribution in [0, 0.1) is 0 Å². The fourth-order valence-electron chi connectivity index (χ4n) is 11.8. The quantitative estimate of drug-likeness (QED) is 0.180. The van der Waals surface area contributed by atoms with Crippen molar-refractivity contribution in [3.8, 4) is 0 Å². The smallest absolute Gasteiger partial charge is 0.0613 e. The molecule has 6 heterocycles. The van der Waals surface area contributed by atoms with E-state index in [0.29, 0.717) is 30.1 Å². The van der Waals surface area contributed by atoms with Gasteiger partial charge in [-0.2, -0.15) is 0 Å². The lowest BCUT2D eigenvalue weighted by molar-refractivity contribution is 0.187. The van der Waals surface area contributed by atoms with Crippen molar-refractivity contribution in [1.82, 2.24) is 40.2 Å². The van der Waals surface area contributed by atoms with E-state index >= 15 is 0 Å². The Bertz CT molecular complexity index is 2260. The molecule has 0 radical (unpaired) electrons. The molecule has 0 saturated heterocycles. The van der Waals surface area contributed by atoms with Crippen LogP contribution in [0.3, 0.4) is 0 Å². The van der Waals surface area contributed by atoms with E-state index in [0.717, 1.165) is 97.3 Å². The number of pyridine rings is 2. The van der Waals surface area contributed by atoms with Gasteiger partial charge in [-0.05, 0) is 159 Å². The molecule has 8 nitrogen and oxygen atoms in total. The zero-order valence-electron chi connectivity index (χ0n) is 36.6. The molecule has 0 amide bonds. The Hall–Kier alpha value is -4.02. The van der Waals surface area contributed by atoms with Crippen LogP contribution in [-0.4, -0.2) is 109 Å². The van der Waals surface area contributed by atoms with Gasteiger partial charge < -0.3 is 20.4 Å². The van der Waals surface area contributed by atoms with E-state index in [1.807, 2.05) is 12.4 Å². The Kier molecular flexibility index (Phi) is 11.6. The third-order valence-corrected chi connectivity index (χ3v) is 15.2. The predicted octanol–water partition coefficient (Wildman–Crippen LogP) is 7.55. The van der Waals surface area contributed by atoms with Crippen LogP contribution < -0.4 is 10.6 Å². The second-order valence-electron chi connectivity index (χ2n) is 19.2. The molecular weight excluding hydrogens is 737 g/mol. The van der Waals surface area contributed by atoms with Gasteiger partial charge in [0, 0.05) is 82.8 Å². The fraction of sp³-hybridized carbons (Fsp3) is 0.500. The highest BCUT2D eigenvalue weighted by molar-refractivity contribution is 5.72. The molecule has 0 bridgehead atoms. The first-order valence-electron chi connectivity index (χ1n) is 23.1. The summed E-state index contributed by atoms with van der Waals surface area (Å²) in [4.78, 5) is 20.1. The molecule has 2 aliphatic carbocycles. The highest BCUT2D eigenvalue weighted by Crippen LogP contribution is 2.45. The molecular formula is C52H66N8. The summed E-state index contributed by atoms with van der Waals surface area (Å²) >= 11 is 0. The highest BCUT2D eigenvalue weighted by atomic mass is 15.2. The lowest BCUT2D eigenvalue weighted by atomic mass is 9.75. The molecule has 2 N–H and O–H groups in total. The summed E-state index contributed by atoms with van der Waals surface area (Å²) in [6.07, 6.45) is 19.2. The molecule has 4 aliphatic heterocycles. The van der Waals surface area contributed by atoms with Gasteiger partial charge in [-0.1, -0.05) is 54.6 Å². The minimum atomic E-state index is 0.312. The highest BCUT2D eigenvalue weighted by Gasteiger charge is 2.35. The van der Waals surface area contributed by atoms with E-state index in [1.165, 1.54) is 68.7 Å². The van der Waals surface area contributed by atoms with Crippen molar-refractivity contribution < 1.29 is 0 Å². The lowest BCUT2D eigenvalue weighted by Gasteiger charge is -2.39. The third-order valence-electron chi connectivity index (χ3n) is 15.2. The number of hydrogen-bond acceptors (Lipinski definition) is 8. The third kappa shape index (κ3) is 8.07. The Morgan fingerprint density at radius 3 is 2.00 bits per heavy atom. The summed E-state index contributed by atoms with van der Waals surface area (Å²) in [6, 6.07) is 22.7. The number of aromatic nitrogens is 2. The molecule has 4 aromatic rings. The molecule has 5 atom stereocenters. The Morgan fingerprint density at radius 1 is 0.650 bits per heavy atom. The van der Waals surface area contributed by atoms with Crippen molar-refractivity contribution in [2.45, 2.75) is 101 Å². The van der Waals surface area contributed by atoms with Crippen LogP contribution in [0.15, 0.2) is 79.1 Å². The number of hydrogen-bond donors (Lipinski definition) is 2. The van der Waals surface area contributed by atoms with Gasteiger partial charge in [0.1, 0.15) is 0 Å². The first kappa shape index (κ1) is 40.1. The molecule has 60 heavy (non-hydrogen) atoms. The van der Waals surface area contributed by atoms with Gasteiger partial charge in [0.15, 0.2) is 0 Å². The van der Waals surface area contributed by atoms with E-state index in [2.05, 4.69) is 125 Å². The largest absolute Gasteiger partial charge is 0.308 e. The van der Waals surface area contributed by atoms with Gasteiger partial charge in [0.05, 0.1) is 23.5 Å². The van der Waals surface area contributed by atoms with Gasteiger partial charge >= 0.3 is 0 Å². The number of fused-ring (bicyclic) bond motifs is 4. The summed E-state index contributed by atoms with van der Waals surface area (Å²) in [5.74, 6) is 0.349. The molecule has 2 aromatic heterocycles. The van der Waals surface area contributed by atoms with E-state index in [4.69, 9.17) is 9.97 Å². The van der Waals surface area contributed by atoms with E-state index in [-0.39, 0.29) is 0 Å². The van der Waals surface area contributed by atoms with Crippen molar-refractivity contribution in [3.63, 3.8) is 0 Å². The summed E-state index contributed by atoms with van der Waals surface area (Å²) < 4.78 is 0. The first-order valence-corrected chi connectivity index (χ1v) is 23.1. The zero-order chi connectivity index (χ0) is 40.7. The topological polar surface area (TPSA) is 62.8 Å². The van der Waals surface area contributed by atoms with Crippen molar-refractivity contribution >= 4 is 11.1 Å². The summed E-state index contributed by atoms with van der Waals surface area (Å²) in [6.45, 7) is 8.24. The summed E-state index contributed by atoms with van der Waals surface area (Å²) in [7, 11) is 9.15. The Labute approximate surface area is 359 Å². The van der Waals surface area contributed by atoms with Crippen LogP contribution in [0.25, 0.3) is 11.1 Å². The molecule has 0 saturated carbocycles. The first-order chi connectivity index (χ1) is 29.4. The van der Waals surface area contributed by atoms with Gasteiger partial charge in [-0.3, -0.25) is 19.8 Å². The van der Waals surface area contributed by atoms with Crippen molar-refractivity contribution in [2.24, 2.45) is 0 Å². The van der Waals surface area contributed by atoms with Gasteiger partial charge in [0.25, 0.3) is 0 Å². The van der Waals surface area contributed by atoms with Crippen LogP contribution in [0.2, 0.25) is 0 Å². The summed E-state index contributed by atoms with van der Waals surface area (Å²) in [5.41, 5.74) is 19.1. The predicted molar refractivity (Wildman–Crippen MR) is 245 cm³/mol. The number of nitrogens with zero attached hydrogens (tertiary/aromatic N) is 6. The monoisotopic (exact) mass is 803 g/mol. The summed E-state index contributed by atoms with van der Waals surface area (Å²) in [5, 5.41) is 7.96. The second kappa shape index (κ2) is 17.4. The zero-order valence-corrected chi connectivity index (χ0v) is 36.6. The molecule has 314 valence electrons. The van der Waals surface area contributed by atoms with E-state index in [9.17, 15) is 0 Å². The van der Waals surface area contributed by atoms with Crippen LogP contribution in [-0.2, 0) is 32.4 Å². The van der Waals surface area contributed by atoms with Crippen LogP contribution in [0.5, 0.6) is 0 Å². The maximum absolute atomic E-state index is 5.19. The van der Waals surface area contributed by atoms with Crippen molar-refractivity contribution in [3.05, 3.63) is 141 Å². The molecule has 1 unspecified atom stereocenters. The van der Waals surface area contributed by atoms with Crippen molar-refractivity contribution in [1.29, 1.82) is 0 Å². The fourth-order valence-corrected chi connectivity index (χ4v) is 11.8. The SMILES string of the molecule is CN1CC=C(c2cc(C3CC[C@H](N(C)C[C@@H]4Cc5c(cccc5C5=CCN(C)CC5)CN4)c4ncccc43)cc3c2C[C@H](CN(C)[C@H]2CCCc4cccnc42)NC3)CC1. The Morgan fingerprint density at radius 2 is 1.28 bits per heavy atom. The molecule has 2 aromatic carbocycles. The molecule has 0 spiro atoms. The van der Waals surface area contributed by atoms with Crippen LogP contribution in [0.1, 0.15) is 118 Å². The average Bonchev–Trinajstić information content (AvgIpc) is 3.28. The maximum Gasteiger partial charge on any atom is 0.0613 e. The molecule has 8 heteroatoms. The number of nitrogens with one attached hydrogen (secondary N) is 2. The molecule has 0 fully saturated rings. The Balaban J connectivity index is 0.886. The van der Waals surface area contributed by atoms with Gasteiger partial charge in [0.2, 0.25) is 0 Å². The average molecular weight is 803 g/mol. The van der Waals surface area contributed by atoms with Crippen LogP contribution >= 0.6 is 0 Å². The molecule has 6 aliphatic rings. The van der Waals surface area contributed by atoms with Crippen LogP contribution in [0.4, 0.5) is 0 Å². The lowest BCUT2D eigenvalue weighted by Crippen LogP contribution is -2.45. The number of aryl methyl sites for hydroxylation is 1.